The van der Waals surface area contributed by atoms with E-state index in [0.717, 1.165) is 0 Å². The number of furan rings is 1. The molecule has 16 heavy (non-hydrogen) atoms. The van der Waals surface area contributed by atoms with Crippen LogP contribution in [0.25, 0.3) is 0 Å². The summed E-state index contributed by atoms with van der Waals surface area (Å²) in [7, 11) is 0. The predicted molar refractivity (Wildman–Crippen MR) is 59.3 cm³/mol. The number of aromatic carboxylic acids is 1. The van der Waals surface area contributed by atoms with Gasteiger partial charge >= 0.3 is 5.97 Å². The Hall–Kier alpha value is -1.29. The quantitative estimate of drug-likeness (QED) is 0.821. The lowest BCUT2D eigenvalue weighted by Crippen LogP contribution is -2.30. The Morgan fingerprint density at radius 1 is 1.56 bits per heavy atom. The molecule has 2 atom stereocenters. The summed E-state index contributed by atoms with van der Waals surface area (Å²) in [6.45, 7) is 2.86. The van der Waals surface area contributed by atoms with Crippen LogP contribution < -0.4 is 5.32 Å². The van der Waals surface area contributed by atoms with E-state index >= 15 is 0 Å². The van der Waals surface area contributed by atoms with Crippen LogP contribution in [0.4, 0.5) is 0 Å². The van der Waals surface area contributed by atoms with Crippen molar-refractivity contribution in [3.05, 3.63) is 23.7 Å². The SMILES string of the molecule is CC1CCCC1NCc1ccc(C(=O)O)o1. The second-order valence-electron chi connectivity index (χ2n) is 4.47. The molecule has 1 heterocycles. The summed E-state index contributed by atoms with van der Waals surface area (Å²) in [4.78, 5) is 10.6. The van der Waals surface area contributed by atoms with E-state index in [0.29, 0.717) is 24.3 Å². The molecule has 0 aliphatic heterocycles. The van der Waals surface area contributed by atoms with Gasteiger partial charge in [-0.25, -0.2) is 4.79 Å². The van der Waals surface area contributed by atoms with E-state index in [9.17, 15) is 4.79 Å². The maximum Gasteiger partial charge on any atom is 0.371 e. The van der Waals surface area contributed by atoms with Crippen molar-refractivity contribution in [2.75, 3.05) is 0 Å². The number of hydrogen-bond donors (Lipinski definition) is 2. The molecule has 0 bridgehead atoms. The van der Waals surface area contributed by atoms with Crippen molar-refractivity contribution in [1.82, 2.24) is 5.32 Å². The predicted octanol–water partition coefficient (Wildman–Crippen LogP) is 2.26. The highest BCUT2D eigenvalue weighted by atomic mass is 16.4. The Bertz CT molecular complexity index is 372. The van der Waals surface area contributed by atoms with Crippen LogP contribution >= 0.6 is 0 Å². The van der Waals surface area contributed by atoms with Gasteiger partial charge in [0, 0.05) is 6.04 Å². The van der Waals surface area contributed by atoms with E-state index in [4.69, 9.17) is 9.52 Å². The van der Waals surface area contributed by atoms with Crippen LogP contribution in [0.1, 0.15) is 42.5 Å². The Labute approximate surface area is 94.6 Å². The highest BCUT2D eigenvalue weighted by Gasteiger charge is 2.22. The molecule has 88 valence electrons. The topological polar surface area (TPSA) is 62.5 Å². The third-order valence-corrected chi connectivity index (χ3v) is 3.27. The van der Waals surface area contributed by atoms with Gasteiger partial charge in [-0.05, 0) is 30.9 Å². The smallest absolute Gasteiger partial charge is 0.371 e. The second-order valence-corrected chi connectivity index (χ2v) is 4.47. The number of carboxylic acids is 1. The minimum Gasteiger partial charge on any atom is -0.475 e. The van der Waals surface area contributed by atoms with E-state index in [1.165, 1.54) is 25.3 Å². The highest BCUT2D eigenvalue weighted by molar-refractivity contribution is 5.84. The van der Waals surface area contributed by atoms with Crippen LogP contribution in [0.15, 0.2) is 16.5 Å². The number of hydrogen-bond acceptors (Lipinski definition) is 3. The molecule has 0 aromatic carbocycles. The Balaban J connectivity index is 1.87. The summed E-state index contributed by atoms with van der Waals surface area (Å²) in [6, 6.07) is 3.76. The molecule has 4 nitrogen and oxygen atoms in total. The maximum absolute atomic E-state index is 10.6. The fourth-order valence-corrected chi connectivity index (χ4v) is 2.27. The summed E-state index contributed by atoms with van der Waals surface area (Å²) in [5.41, 5.74) is 0. The minimum atomic E-state index is -1.01. The van der Waals surface area contributed by atoms with Gasteiger partial charge in [0.25, 0.3) is 0 Å². The van der Waals surface area contributed by atoms with Gasteiger partial charge in [-0.15, -0.1) is 0 Å². The molecule has 0 spiro atoms. The molecule has 1 saturated carbocycles. The standard InChI is InChI=1S/C12H17NO3/c1-8-3-2-4-10(8)13-7-9-5-6-11(16-9)12(14)15/h5-6,8,10,13H,2-4,7H2,1H3,(H,14,15). The van der Waals surface area contributed by atoms with Crippen LogP contribution in [0.3, 0.4) is 0 Å². The van der Waals surface area contributed by atoms with Crippen molar-refractivity contribution in [3.8, 4) is 0 Å². The average Bonchev–Trinajstić information content (AvgIpc) is 2.83. The first-order chi connectivity index (χ1) is 7.66. The van der Waals surface area contributed by atoms with Crippen molar-refractivity contribution >= 4 is 5.97 Å². The molecule has 1 aliphatic rings. The molecular formula is C12H17NO3. The molecule has 1 fully saturated rings. The van der Waals surface area contributed by atoms with Gasteiger partial charge in [0.05, 0.1) is 6.54 Å². The molecule has 0 radical (unpaired) electrons. The van der Waals surface area contributed by atoms with E-state index in [2.05, 4.69) is 12.2 Å². The Kier molecular flexibility index (Phi) is 3.29. The molecule has 2 N–H and O–H groups in total. The van der Waals surface area contributed by atoms with Gasteiger partial charge < -0.3 is 14.8 Å². The summed E-state index contributed by atoms with van der Waals surface area (Å²) in [6.07, 6.45) is 3.75. The lowest BCUT2D eigenvalue weighted by molar-refractivity contribution is 0.0660. The second kappa shape index (κ2) is 4.70. The fourth-order valence-electron chi connectivity index (χ4n) is 2.27. The van der Waals surface area contributed by atoms with Gasteiger partial charge in [-0.1, -0.05) is 13.3 Å². The van der Waals surface area contributed by atoms with Crippen LogP contribution in [-0.4, -0.2) is 17.1 Å². The summed E-state index contributed by atoms with van der Waals surface area (Å²) in [5, 5.41) is 12.1. The van der Waals surface area contributed by atoms with Gasteiger partial charge in [-0.2, -0.15) is 0 Å². The Morgan fingerprint density at radius 2 is 2.38 bits per heavy atom. The fraction of sp³-hybridized carbons (Fsp3) is 0.583. The molecule has 0 amide bonds. The van der Waals surface area contributed by atoms with Crippen molar-refractivity contribution in [1.29, 1.82) is 0 Å². The first-order valence-corrected chi connectivity index (χ1v) is 5.72. The molecule has 1 aromatic heterocycles. The van der Waals surface area contributed by atoms with Gasteiger partial charge in [0.1, 0.15) is 5.76 Å². The number of rotatable bonds is 4. The lowest BCUT2D eigenvalue weighted by atomic mass is 10.1. The average molecular weight is 223 g/mol. The number of nitrogens with one attached hydrogen (secondary N) is 1. The first kappa shape index (κ1) is 11.2. The van der Waals surface area contributed by atoms with E-state index < -0.39 is 5.97 Å². The zero-order chi connectivity index (χ0) is 11.5. The van der Waals surface area contributed by atoms with Crippen molar-refractivity contribution < 1.29 is 14.3 Å². The molecule has 2 unspecified atom stereocenters. The third-order valence-electron chi connectivity index (χ3n) is 3.27. The van der Waals surface area contributed by atoms with Crippen molar-refractivity contribution in [3.63, 3.8) is 0 Å². The van der Waals surface area contributed by atoms with Crippen LogP contribution in [0, 0.1) is 5.92 Å². The lowest BCUT2D eigenvalue weighted by Gasteiger charge is -2.16. The molecule has 0 saturated heterocycles. The Morgan fingerprint density at radius 3 is 2.94 bits per heavy atom. The first-order valence-electron chi connectivity index (χ1n) is 5.72. The van der Waals surface area contributed by atoms with E-state index in [1.807, 2.05) is 0 Å². The van der Waals surface area contributed by atoms with Gasteiger partial charge in [0.15, 0.2) is 0 Å². The van der Waals surface area contributed by atoms with Crippen molar-refractivity contribution in [2.24, 2.45) is 5.92 Å². The monoisotopic (exact) mass is 223 g/mol. The van der Waals surface area contributed by atoms with Crippen molar-refractivity contribution in [2.45, 2.75) is 38.8 Å². The molecule has 2 rings (SSSR count). The highest BCUT2D eigenvalue weighted by Crippen LogP contribution is 2.25. The molecule has 1 aliphatic carbocycles. The van der Waals surface area contributed by atoms with E-state index in [-0.39, 0.29) is 5.76 Å². The number of carbonyl (C=O) groups is 1. The summed E-state index contributed by atoms with van der Waals surface area (Å²) < 4.78 is 5.18. The van der Waals surface area contributed by atoms with Gasteiger partial charge in [0.2, 0.25) is 5.76 Å². The molecule has 4 heteroatoms. The zero-order valence-electron chi connectivity index (χ0n) is 9.40. The maximum atomic E-state index is 10.6. The molecular weight excluding hydrogens is 206 g/mol. The molecule has 1 aromatic rings. The van der Waals surface area contributed by atoms with Crippen LogP contribution in [-0.2, 0) is 6.54 Å². The third kappa shape index (κ3) is 2.44. The minimum absolute atomic E-state index is 0.0104. The van der Waals surface area contributed by atoms with Crippen LogP contribution in [0.2, 0.25) is 0 Å². The van der Waals surface area contributed by atoms with Crippen LogP contribution in [0.5, 0.6) is 0 Å². The zero-order valence-corrected chi connectivity index (χ0v) is 9.40. The summed E-state index contributed by atoms with van der Waals surface area (Å²) in [5.74, 6) is 0.391. The number of carboxylic acid groups (broad SMARTS) is 1. The normalized spacial score (nSPS) is 24.8. The van der Waals surface area contributed by atoms with E-state index in [1.54, 1.807) is 6.07 Å². The summed E-state index contributed by atoms with van der Waals surface area (Å²) >= 11 is 0. The van der Waals surface area contributed by atoms with Gasteiger partial charge in [-0.3, -0.25) is 0 Å². The largest absolute Gasteiger partial charge is 0.475 e.